The van der Waals surface area contributed by atoms with Gasteiger partial charge in [0.15, 0.2) is 5.78 Å². The first-order chi connectivity index (χ1) is 7.18. The van der Waals surface area contributed by atoms with E-state index in [1.165, 1.54) is 12.5 Å². The van der Waals surface area contributed by atoms with Crippen LogP contribution in [-0.2, 0) is 0 Å². The van der Waals surface area contributed by atoms with E-state index in [1.54, 1.807) is 6.07 Å². The topological polar surface area (TPSA) is 30.2 Å². The Morgan fingerprint density at radius 3 is 2.80 bits per heavy atom. The van der Waals surface area contributed by atoms with Crippen LogP contribution in [0, 0.1) is 3.57 Å². The molecule has 1 aromatic heterocycles. The molecule has 0 saturated heterocycles. The van der Waals surface area contributed by atoms with Crippen molar-refractivity contribution in [3.05, 3.63) is 56.0 Å². The summed E-state index contributed by atoms with van der Waals surface area (Å²) in [5.41, 5.74) is 1.26. The van der Waals surface area contributed by atoms with Crippen LogP contribution in [0.3, 0.4) is 0 Å². The summed E-state index contributed by atoms with van der Waals surface area (Å²) in [7, 11) is 0. The molecule has 2 nitrogen and oxygen atoms in total. The standard InChI is InChI=1S/C11H6BrIO2/c12-8-1-2-10(13)9(5-8)11(14)7-3-4-15-6-7/h1-6H. The lowest BCUT2D eigenvalue weighted by molar-refractivity contribution is 0.103. The van der Waals surface area contributed by atoms with Crippen LogP contribution >= 0.6 is 38.5 Å². The first-order valence-electron chi connectivity index (χ1n) is 4.20. The van der Waals surface area contributed by atoms with Crippen LogP contribution in [0.15, 0.2) is 45.7 Å². The van der Waals surface area contributed by atoms with E-state index >= 15 is 0 Å². The number of ketones is 1. The summed E-state index contributed by atoms with van der Waals surface area (Å²) in [5.74, 6) is -0.0190. The molecule has 0 radical (unpaired) electrons. The maximum atomic E-state index is 12.0. The smallest absolute Gasteiger partial charge is 0.197 e. The molecular weight excluding hydrogens is 371 g/mol. The maximum absolute atomic E-state index is 12.0. The second-order valence-electron chi connectivity index (χ2n) is 2.97. The lowest BCUT2D eigenvalue weighted by atomic mass is 10.1. The van der Waals surface area contributed by atoms with Gasteiger partial charge in [0.05, 0.1) is 11.8 Å². The fraction of sp³-hybridized carbons (Fsp3) is 0. The molecule has 2 rings (SSSR count). The van der Waals surface area contributed by atoms with Crippen molar-refractivity contribution in [1.82, 2.24) is 0 Å². The summed E-state index contributed by atoms with van der Waals surface area (Å²) in [6, 6.07) is 7.29. The van der Waals surface area contributed by atoms with E-state index in [0.717, 1.165) is 8.04 Å². The van der Waals surface area contributed by atoms with Crippen LogP contribution in [0.2, 0.25) is 0 Å². The van der Waals surface area contributed by atoms with Gasteiger partial charge in [-0.3, -0.25) is 4.79 Å². The largest absolute Gasteiger partial charge is 0.472 e. The van der Waals surface area contributed by atoms with E-state index in [0.29, 0.717) is 11.1 Å². The Kier molecular flexibility index (Phi) is 3.25. The van der Waals surface area contributed by atoms with Crippen molar-refractivity contribution < 1.29 is 9.21 Å². The molecular formula is C11H6BrIO2. The molecule has 0 fully saturated rings. The second kappa shape index (κ2) is 4.49. The summed E-state index contributed by atoms with van der Waals surface area (Å²) in [6.07, 6.45) is 2.96. The molecule has 0 aliphatic rings. The highest BCUT2D eigenvalue weighted by Gasteiger charge is 2.13. The summed E-state index contributed by atoms with van der Waals surface area (Å²) < 4.78 is 6.72. The molecule has 0 N–H and O–H groups in total. The Balaban J connectivity index is 2.46. The molecule has 0 aliphatic heterocycles. The van der Waals surface area contributed by atoms with E-state index in [9.17, 15) is 4.79 Å². The van der Waals surface area contributed by atoms with Gasteiger partial charge >= 0.3 is 0 Å². The second-order valence-corrected chi connectivity index (χ2v) is 5.04. The van der Waals surface area contributed by atoms with Gasteiger partial charge in [-0.1, -0.05) is 15.9 Å². The van der Waals surface area contributed by atoms with Crippen molar-refractivity contribution in [3.63, 3.8) is 0 Å². The van der Waals surface area contributed by atoms with E-state index in [-0.39, 0.29) is 5.78 Å². The van der Waals surface area contributed by atoms with Gasteiger partial charge in [0.2, 0.25) is 0 Å². The van der Waals surface area contributed by atoms with E-state index in [2.05, 4.69) is 38.5 Å². The van der Waals surface area contributed by atoms with Crippen LogP contribution in [0.25, 0.3) is 0 Å². The number of benzene rings is 1. The Morgan fingerprint density at radius 1 is 1.33 bits per heavy atom. The average Bonchev–Trinajstić information content (AvgIpc) is 2.74. The van der Waals surface area contributed by atoms with Crippen molar-refractivity contribution in [3.8, 4) is 0 Å². The van der Waals surface area contributed by atoms with Gasteiger partial charge in [0.1, 0.15) is 6.26 Å². The molecule has 1 heterocycles. The third kappa shape index (κ3) is 2.31. The number of carbonyl (C=O) groups excluding carboxylic acids is 1. The first kappa shape index (κ1) is 10.9. The number of carbonyl (C=O) groups is 1. The molecule has 0 spiro atoms. The zero-order chi connectivity index (χ0) is 10.8. The predicted octanol–water partition coefficient (Wildman–Crippen LogP) is 3.88. The number of rotatable bonds is 2. The minimum Gasteiger partial charge on any atom is -0.472 e. The summed E-state index contributed by atoms with van der Waals surface area (Å²) in [4.78, 5) is 12.0. The zero-order valence-electron chi connectivity index (χ0n) is 7.54. The lowest BCUT2D eigenvalue weighted by Gasteiger charge is -2.02. The highest BCUT2D eigenvalue weighted by molar-refractivity contribution is 14.1. The Labute approximate surface area is 109 Å². The summed E-state index contributed by atoms with van der Waals surface area (Å²) in [5, 5.41) is 0. The minimum absolute atomic E-state index is 0.0190. The molecule has 0 bridgehead atoms. The molecule has 0 saturated carbocycles. The maximum Gasteiger partial charge on any atom is 0.197 e. The van der Waals surface area contributed by atoms with Gasteiger partial charge in [-0.2, -0.15) is 0 Å². The number of hydrogen-bond donors (Lipinski definition) is 0. The fourth-order valence-corrected chi connectivity index (χ4v) is 2.16. The first-order valence-corrected chi connectivity index (χ1v) is 6.07. The van der Waals surface area contributed by atoms with Crippen molar-refractivity contribution in [1.29, 1.82) is 0 Å². The molecule has 0 atom stereocenters. The number of halogens is 2. The highest BCUT2D eigenvalue weighted by Crippen LogP contribution is 2.21. The molecule has 0 unspecified atom stereocenters. The van der Waals surface area contributed by atoms with Crippen LogP contribution in [0.5, 0.6) is 0 Å². The van der Waals surface area contributed by atoms with E-state index < -0.39 is 0 Å². The van der Waals surface area contributed by atoms with Gasteiger partial charge in [0.25, 0.3) is 0 Å². The van der Waals surface area contributed by atoms with Crippen LogP contribution in [0.4, 0.5) is 0 Å². The van der Waals surface area contributed by atoms with Crippen LogP contribution < -0.4 is 0 Å². The van der Waals surface area contributed by atoms with Gasteiger partial charge in [-0.05, 0) is 46.9 Å². The molecule has 1 aromatic carbocycles. The van der Waals surface area contributed by atoms with Crippen molar-refractivity contribution in [2.45, 2.75) is 0 Å². The average molecular weight is 377 g/mol. The van der Waals surface area contributed by atoms with Crippen molar-refractivity contribution in [2.75, 3.05) is 0 Å². The lowest BCUT2D eigenvalue weighted by Crippen LogP contribution is -2.02. The Morgan fingerprint density at radius 2 is 2.13 bits per heavy atom. The third-order valence-electron chi connectivity index (χ3n) is 1.96. The van der Waals surface area contributed by atoms with Crippen LogP contribution in [0.1, 0.15) is 15.9 Å². The highest BCUT2D eigenvalue weighted by atomic mass is 127. The monoisotopic (exact) mass is 376 g/mol. The number of hydrogen-bond acceptors (Lipinski definition) is 2. The normalized spacial score (nSPS) is 10.3. The Bertz CT molecular complexity index is 491. The fourth-order valence-electron chi connectivity index (χ4n) is 1.22. The molecule has 0 amide bonds. The molecule has 0 aliphatic carbocycles. The van der Waals surface area contributed by atoms with Crippen molar-refractivity contribution >= 4 is 44.3 Å². The molecule has 4 heteroatoms. The third-order valence-corrected chi connectivity index (χ3v) is 3.39. The number of furan rings is 1. The summed E-state index contributed by atoms with van der Waals surface area (Å²) in [6.45, 7) is 0. The van der Waals surface area contributed by atoms with E-state index in [4.69, 9.17) is 4.42 Å². The molecule has 2 aromatic rings. The Hall–Kier alpha value is -0.620. The quantitative estimate of drug-likeness (QED) is 0.588. The zero-order valence-corrected chi connectivity index (χ0v) is 11.3. The predicted molar refractivity (Wildman–Crippen MR) is 69.0 cm³/mol. The van der Waals surface area contributed by atoms with Gasteiger partial charge in [0, 0.05) is 13.6 Å². The van der Waals surface area contributed by atoms with E-state index in [1.807, 2.05) is 18.2 Å². The van der Waals surface area contributed by atoms with Gasteiger partial charge in [-0.15, -0.1) is 0 Å². The van der Waals surface area contributed by atoms with Crippen molar-refractivity contribution in [2.24, 2.45) is 0 Å². The van der Waals surface area contributed by atoms with Crippen LogP contribution in [-0.4, -0.2) is 5.78 Å². The molecule has 15 heavy (non-hydrogen) atoms. The SMILES string of the molecule is O=C(c1ccoc1)c1cc(Br)ccc1I. The van der Waals surface area contributed by atoms with Gasteiger partial charge < -0.3 is 4.42 Å². The minimum atomic E-state index is -0.0190. The molecule has 76 valence electrons. The summed E-state index contributed by atoms with van der Waals surface area (Å²) >= 11 is 5.49. The van der Waals surface area contributed by atoms with Gasteiger partial charge in [-0.25, -0.2) is 0 Å².